The molecular formula is C24H19ClFN3O2. The van der Waals surface area contributed by atoms with Crippen LogP contribution in [0.2, 0.25) is 5.02 Å². The van der Waals surface area contributed by atoms with Crippen LogP contribution in [-0.2, 0) is 11.2 Å². The molecule has 0 saturated carbocycles. The summed E-state index contributed by atoms with van der Waals surface area (Å²) >= 11 is 6.18. The quantitative estimate of drug-likeness (QED) is 0.398. The molecule has 0 aliphatic carbocycles. The molecule has 4 aromatic rings. The average Bonchev–Trinajstić information content (AvgIpc) is 3.19. The van der Waals surface area contributed by atoms with Gasteiger partial charge in [-0.25, -0.2) is 4.39 Å². The third-order valence-corrected chi connectivity index (χ3v) is 5.29. The fourth-order valence-electron chi connectivity index (χ4n) is 3.29. The zero-order valence-corrected chi connectivity index (χ0v) is 17.5. The van der Waals surface area contributed by atoms with E-state index in [0.29, 0.717) is 33.8 Å². The van der Waals surface area contributed by atoms with E-state index < -0.39 is 0 Å². The molecule has 0 bridgehead atoms. The molecule has 0 radical (unpaired) electrons. The topological polar surface area (TPSA) is 68.0 Å². The van der Waals surface area contributed by atoms with E-state index in [4.69, 9.17) is 16.1 Å². The predicted molar refractivity (Wildman–Crippen MR) is 118 cm³/mol. The molecule has 0 aliphatic rings. The van der Waals surface area contributed by atoms with Gasteiger partial charge in [0.1, 0.15) is 11.5 Å². The SMILES string of the molecule is Cc1cc(-c2noc(NC(=O)CCc3ccccc3Cl)c2-c2ccncc2)ccc1F. The number of aromatic nitrogens is 2. The Labute approximate surface area is 183 Å². The van der Waals surface area contributed by atoms with Crippen LogP contribution in [0.1, 0.15) is 17.5 Å². The zero-order chi connectivity index (χ0) is 21.8. The summed E-state index contributed by atoms with van der Waals surface area (Å²) in [5, 5.41) is 7.60. The van der Waals surface area contributed by atoms with Crippen LogP contribution in [0.4, 0.5) is 10.3 Å². The van der Waals surface area contributed by atoms with Crippen molar-refractivity contribution in [1.29, 1.82) is 0 Å². The molecule has 0 saturated heterocycles. The van der Waals surface area contributed by atoms with Gasteiger partial charge in [-0.3, -0.25) is 15.1 Å². The maximum Gasteiger partial charge on any atom is 0.239 e. The Kier molecular flexibility index (Phi) is 6.09. The molecule has 0 fully saturated rings. The Morgan fingerprint density at radius 3 is 2.61 bits per heavy atom. The van der Waals surface area contributed by atoms with Gasteiger partial charge in [-0.05, 0) is 66.4 Å². The first-order chi connectivity index (χ1) is 15.0. The normalized spacial score (nSPS) is 10.8. The van der Waals surface area contributed by atoms with Crippen LogP contribution in [0.3, 0.4) is 0 Å². The van der Waals surface area contributed by atoms with Crippen molar-refractivity contribution in [2.45, 2.75) is 19.8 Å². The third-order valence-electron chi connectivity index (χ3n) is 4.92. The van der Waals surface area contributed by atoms with E-state index in [2.05, 4.69) is 15.5 Å². The minimum Gasteiger partial charge on any atom is -0.337 e. The molecule has 0 unspecified atom stereocenters. The molecule has 7 heteroatoms. The first-order valence-corrected chi connectivity index (χ1v) is 10.1. The number of nitrogens with one attached hydrogen (secondary N) is 1. The summed E-state index contributed by atoms with van der Waals surface area (Å²) in [7, 11) is 0. The smallest absolute Gasteiger partial charge is 0.239 e. The Balaban J connectivity index is 1.63. The Morgan fingerprint density at radius 2 is 1.87 bits per heavy atom. The van der Waals surface area contributed by atoms with Gasteiger partial charge in [0.2, 0.25) is 11.8 Å². The van der Waals surface area contributed by atoms with Crippen LogP contribution in [0.15, 0.2) is 71.5 Å². The lowest BCUT2D eigenvalue weighted by molar-refractivity contribution is -0.116. The Morgan fingerprint density at radius 1 is 1.10 bits per heavy atom. The second kappa shape index (κ2) is 9.10. The average molecular weight is 436 g/mol. The van der Waals surface area contributed by atoms with Crippen molar-refractivity contribution in [3.63, 3.8) is 0 Å². The highest BCUT2D eigenvalue weighted by Crippen LogP contribution is 2.38. The number of carbonyl (C=O) groups excluding carboxylic acids is 1. The van der Waals surface area contributed by atoms with Crippen molar-refractivity contribution in [2.24, 2.45) is 0 Å². The molecule has 4 rings (SSSR count). The number of pyridine rings is 1. The lowest BCUT2D eigenvalue weighted by Gasteiger charge is -2.07. The molecule has 0 atom stereocenters. The summed E-state index contributed by atoms with van der Waals surface area (Å²) in [5.41, 5.74) is 3.97. The molecule has 2 aromatic heterocycles. The molecule has 0 aliphatic heterocycles. The molecule has 1 N–H and O–H groups in total. The fraction of sp³-hybridized carbons (Fsp3) is 0.125. The number of halogens is 2. The lowest BCUT2D eigenvalue weighted by atomic mass is 10.0. The van der Waals surface area contributed by atoms with Crippen molar-refractivity contribution in [3.8, 4) is 22.4 Å². The maximum absolute atomic E-state index is 13.7. The number of benzene rings is 2. The molecular weight excluding hydrogens is 417 g/mol. The number of anilines is 1. The number of rotatable bonds is 6. The summed E-state index contributed by atoms with van der Waals surface area (Å²) in [6.07, 6.45) is 4.01. The first-order valence-electron chi connectivity index (χ1n) is 9.73. The third kappa shape index (κ3) is 4.64. The van der Waals surface area contributed by atoms with Gasteiger partial charge in [0.05, 0.1) is 5.56 Å². The van der Waals surface area contributed by atoms with Gasteiger partial charge in [0, 0.05) is 29.4 Å². The van der Waals surface area contributed by atoms with E-state index in [9.17, 15) is 9.18 Å². The largest absolute Gasteiger partial charge is 0.337 e. The highest BCUT2D eigenvalue weighted by Gasteiger charge is 2.21. The molecule has 2 heterocycles. The van der Waals surface area contributed by atoms with Gasteiger partial charge < -0.3 is 4.52 Å². The molecule has 31 heavy (non-hydrogen) atoms. The second-order valence-electron chi connectivity index (χ2n) is 7.07. The number of carbonyl (C=O) groups is 1. The molecule has 2 aromatic carbocycles. The van der Waals surface area contributed by atoms with Crippen molar-refractivity contribution >= 4 is 23.4 Å². The molecule has 5 nitrogen and oxygen atoms in total. The fourth-order valence-corrected chi connectivity index (χ4v) is 3.52. The van der Waals surface area contributed by atoms with Gasteiger partial charge in [0.25, 0.3) is 0 Å². The van der Waals surface area contributed by atoms with Gasteiger partial charge in [-0.2, -0.15) is 0 Å². The van der Waals surface area contributed by atoms with E-state index in [0.717, 1.165) is 11.1 Å². The van der Waals surface area contributed by atoms with Crippen LogP contribution >= 0.6 is 11.6 Å². The maximum atomic E-state index is 13.7. The highest BCUT2D eigenvalue weighted by atomic mass is 35.5. The molecule has 156 valence electrons. The van der Waals surface area contributed by atoms with E-state index >= 15 is 0 Å². The first kappa shape index (κ1) is 20.8. The summed E-state index contributed by atoms with van der Waals surface area (Å²) in [6, 6.07) is 15.7. The van der Waals surface area contributed by atoms with Crippen molar-refractivity contribution < 1.29 is 13.7 Å². The Hall–Kier alpha value is -3.51. The van der Waals surface area contributed by atoms with Gasteiger partial charge in [-0.1, -0.05) is 35.0 Å². The Bertz CT molecular complexity index is 1220. The molecule has 0 spiro atoms. The monoisotopic (exact) mass is 435 g/mol. The van der Waals surface area contributed by atoms with Crippen molar-refractivity contribution in [1.82, 2.24) is 10.1 Å². The van der Waals surface area contributed by atoms with Crippen LogP contribution in [0.5, 0.6) is 0 Å². The minimum absolute atomic E-state index is 0.227. The second-order valence-corrected chi connectivity index (χ2v) is 7.48. The number of amides is 1. The van der Waals surface area contributed by atoms with Crippen LogP contribution in [0, 0.1) is 12.7 Å². The summed E-state index contributed by atoms with van der Waals surface area (Å²) in [4.78, 5) is 16.7. The number of aryl methyl sites for hydroxylation is 2. The number of hydrogen-bond donors (Lipinski definition) is 1. The predicted octanol–water partition coefficient (Wildman–Crippen LogP) is 6.08. The van der Waals surface area contributed by atoms with Crippen LogP contribution in [0.25, 0.3) is 22.4 Å². The van der Waals surface area contributed by atoms with E-state index in [1.54, 1.807) is 49.6 Å². The van der Waals surface area contributed by atoms with Gasteiger partial charge >= 0.3 is 0 Å². The number of hydrogen-bond acceptors (Lipinski definition) is 4. The standard InChI is InChI=1S/C24H19ClFN3O2/c1-15-14-18(6-8-20(15)26)23-22(17-10-12-27-13-11-17)24(31-29-23)28-21(30)9-7-16-4-2-3-5-19(16)25/h2-6,8,10-14H,7,9H2,1H3,(H,28,30). The summed E-state index contributed by atoms with van der Waals surface area (Å²) in [6.45, 7) is 1.68. The summed E-state index contributed by atoms with van der Waals surface area (Å²) < 4.78 is 19.2. The summed E-state index contributed by atoms with van der Waals surface area (Å²) in [5.74, 6) is -0.300. The van der Waals surface area contributed by atoms with Crippen molar-refractivity contribution in [2.75, 3.05) is 5.32 Å². The molecule has 1 amide bonds. The van der Waals surface area contributed by atoms with E-state index in [1.807, 2.05) is 18.2 Å². The highest BCUT2D eigenvalue weighted by molar-refractivity contribution is 6.31. The van der Waals surface area contributed by atoms with Gasteiger partial charge in [-0.15, -0.1) is 0 Å². The van der Waals surface area contributed by atoms with E-state index in [-0.39, 0.29) is 24.0 Å². The zero-order valence-electron chi connectivity index (χ0n) is 16.7. The van der Waals surface area contributed by atoms with E-state index in [1.165, 1.54) is 6.07 Å². The lowest BCUT2D eigenvalue weighted by Crippen LogP contribution is -2.12. The van der Waals surface area contributed by atoms with Gasteiger partial charge in [0.15, 0.2) is 0 Å². The number of nitrogens with zero attached hydrogens (tertiary/aromatic N) is 2. The minimum atomic E-state index is -0.300. The van der Waals surface area contributed by atoms with Crippen LogP contribution < -0.4 is 5.32 Å². The van der Waals surface area contributed by atoms with Crippen LogP contribution in [-0.4, -0.2) is 16.0 Å². The van der Waals surface area contributed by atoms with Crippen molar-refractivity contribution in [3.05, 3.63) is 89.0 Å².